The molecule has 1 unspecified atom stereocenters. The molecule has 1 saturated carbocycles. The molecule has 0 spiro atoms. The summed E-state index contributed by atoms with van der Waals surface area (Å²) in [5, 5.41) is 9.11. The molecule has 0 N–H and O–H groups in total. The van der Waals surface area contributed by atoms with Gasteiger partial charge in [-0.3, -0.25) is 4.90 Å². The predicted molar refractivity (Wildman–Crippen MR) is 58.9 cm³/mol. The van der Waals surface area contributed by atoms with Crippen molar-refractivity contribution in [2.24, 2.45) is 5.92 Å². The Kier molecular flexibility index (Phi) is 4.41. The molecular weight excluding hydrogens is 172 g/mol. The van der Waals surface area contributed by atoms with Gasteiger partial charge in [-0.2, -0.15) is 5.26 Å². The molecule has 0 amide bonds. The van der Waals surface area contributed by atoms with Gasteiger partial charge in [-0.05, 0) is 25.8 Å². The summed E-state index contributed by atoms with van der Waals surface area (Å²) in [7, 11) is 2.11. The van der Waals surface area contributed by atoms with Gasteiger partial charge in [-0.15, -0.1) is 0 Å². The minimum absolute atomic E-state index is 0.0955. The van der Waals surface area contributed by atoms with Gasteiger partial charge in [0.1, 0.15) is 6.04 Å². The Labute approximate surface area is 87.9 Å². The van der Waals surface area contributed by atoms with Crippen LogP contribution in [-0.4, -0.2) is 24.0 Å². The lowest BCUT2D eigenvalue weighted by molar-refractivity contribution is 0.138. The van der Waals surface area contributed by atoms with Crippen molar-refractivity contribution in [1.82, 2.24) is 4.90 Å². The van der Waals surface area contributed by atoms with Crippen molar-refractivity contribution in [2.75, 3.05) is 7.05 Å². The van der Waals surface area contributed by atoms with Gasteiger partial charge >= 0.3 is 0 Å². The van der Waals surface area contributed by atoms with E-state index < -0.39 is 0 Å². The number of hydrogen-bond donors (Lipinski definition) is 0. The van der Waals surface area contributed by atoms with Crippen LogP contribution in [0.2, 0.25) is 0 Å². The Bertz CT molecular complexity index is 199. The molecule has 0 radical (unpaired) electrons. The second-order valence-electron chi connectivity index (χ2n) is 4.78. The fourth-order valence-electron chi connectivity index (χ4n) is 2.43. The molecule has 1 fully saturated rings. The van der Waals surface area contributed by atoms with Gasteiger partial charge in [-0.1, -0.05) is 33.1 Å². The van der Waals surface area contributed by atoms with E-state index in [2.05, 4.69) is 31.9 Å². The van der Waals surface area contributed by atoms with Gasteiger partial charge in [-0.25, -0.2) is 0 Å². The summed E-state index contributed by atoms with van der Waals surface area (Å²) in [6.45, 7) is 4.26. The largest absolute Gasteiger partial charge is 0.288 e. The molecule has 0 aromatic rings. The van der Waals surface area contributed by atoms with E-state index in [1.807, 2.05) is 0 Å². The molecule has 0 bridgehead atoms. The highest BCUT2D eigenvalue weighted by molar-refractivity contribution is 4.95. The van der Waals surface area contributed by atoms with E-state index in [9.17, 15) is 0 Å². The summed E-state index contributed by atoms with van der Waals surface area (Å²) in [5.41, 5.74) is 0. The van der Waals surface area contributed by atoms with Crippen molar-refractivity contribution in [3.8, 4) is 6.07 Å². The third-order valence-corrected chi connectivity index (χ3v) is 3.35. The molecule has 2 nitrogen and oxygen atoms in total. The van der Waals surface area contributed by atoms with Crippen LogP contribution < -0.4 is 0 Å². The van der Waals surface area contributed by atoms with Crippen molar-refractivity contribution in [1.29, 1.82) is 5.26 Å². The molecule has 1 aliphatic rings. The molecule has 1 atom stereocenters. The molecule has 0 aromatic carbocycles. The maximum absolute atomic E-state index is 9.11. The molecule has 80 valence electrons. The first kappa shape index (κ1) is 11.5. The van der Waals surface area contributed by atoms with Gasteiger partial charge in [0.25, 0.3) is 0 Å². The second-order valence-corrected chi connectivity index (χ2v) is 4.78. The van der Waals surface area contributed by atoms with E-state index in [4.69, 9.17) is 5.26 Å². The molecule has 1 rings (SSSR count). The molecule has 0 saturated heterocycles. The summed E-state index contributed by atoms with van der Waals surface area (Å²) >= 11 is 0. The Morgan fingerprint density at radius 2 is 1.79 bits per heavy atom. The molecule has 14 heavy (non-hydrogen) atoms. The van der Waals surface area contributed by atoms with Crippen molar-refractivity contribution in [3.63, 3.8) is 0 Å². The van der Waals surface area contributed by atoms with Gasteiger partial charge < -0.3 is 0 Å². The first-order valence-corrected chi connectivity index (χ1v) is 5.78. The highest BCUT2D eigenvalue weighted by Gasteiger charge is 2.25. The van der Waals surface area contributed by atoms with Crippen molar-refractivity contribution < 1.29 is 0 Å². The predicted octanol–water partition coefficient (Wildman–Crippen LogP) is 2.80. The summed E-state index contributed by atoms with van der Waals surface area (Å²) < 4.78 is 0. The van der Waals surface area contributed by atoms with Gasteiger partial charge in [0.05, 0.1) is 6.07 Å². The first-order chi connectivity index (χ1) is 6.66. The number of nitrogens with zero attached hydrogens (tertiary/aromatic N) is 2. The van der Waals surface area contributed by atoms with Crippen molar-refractivity contribution in [2.45, 2.75) is 58.0 Å². The van der Waals surface area contributed by atoms with E-state index in [0.29, 0.717) is 12.0 Å². The van der Waals surface area contributed by atoms with Crippen molar-refractivity contribution >= 4 is 0 Å². The van der Waals surface area contributed by atoms with Gasteiger partial charge in [0, 0.05) is 6.04 Å². The number of hydrogen-bond acceptors (Lipinski definition) is 2. The lowest BCUT2D eigenvalue weighted by atomic mass is 9.92. The molecule has 0 aliphatic heterocycles. The third-order valence-electron chi connectivity index (χ3n) is 3.35. The van der Waals surface area contributed by atoms with E-state index >= 15 is 0 Å². The van der Waals surface area contributed by atoms with E-state index in [1.54, 1.807) is 0 Å². The van der Waals surface area contributed by atoms with Gasteiger partial charge in [0.15, 0.2) is 0 Å². The quantitative estimate of drug-likeness (QED) is 0.690. The second kappa shape index (κ2) is 5.36. The van der Waals surface area contributed by atoms with Crippen LogP contribution in [0.15, 0.2) is 0 Å². The van der Waals surface area contributed by atoms with Crippen molar-refractivity contribution in [3.05, 3.63) is 0 Å². The first-order valence-electron chi connectivity index (χ1n) is 5.78. The average Bonchev–Trinajstić information content (AvgIpc) is 2.19. The van der Waals surface area contributed by atoms with Crippen LogP contribution in [0.3, 0.4) is 0 Å². The third kappa shape index (κ3) is 2.72. The van der Waals surface area contributed by atoms with Crippen LogP contribution in [0, 0.1) is 17.2 Å². The highest BCUT2D eigenvalue weighted by atomic mass is 15.2. The fraction of sp³-hybridized carbons (Fsp3) is 0.917. The highest BCUT2D eigenvalue weighted by Crippen LogP contribution is 2.24. The zero-order chi connectivity index (χ0) is 10.6. The Hall–Kier alpha value is -0.550. The zero-order valence-corrected chi connectivity index (χ0v) is 9.66. The number of rotatable bonds is 3. The van der Waals surface area contributed by atoms with E-state index in [-0.39, 0.29) is 6.04 Å². The zero-order valence-electron chi connectivity index (χ0n) is 9.66. The molecule has 0 aromatic heterocycles. The molecular formula is C12H22N2. The summed E-state index contributed by atoms with van der Waals surface area (Å²) in [5.74, 6) is 0.437. The van der Waals surface area contributed by atoms with Crippen LogP contribution in [0.25, 0.3) is 0 Å². The maximum Gasteiger partial charge on any atom is 0.100 e. The minimum Gasteiger partial charge on any atom is -0.288 e. The summed E-state index contributed by atoms with van der Waals surface area (Å²) in [4.78, 5) is 2.30. The molecule has 2 heteroatoms. The van der Waals surface area contributed by atoms with Gasteiger partial charge in [0.2, 0.25) is 0 Å². The Morgan fingerprint density at radius 1 is 1.21 bits per heavy atom. The summed E-state index contributed by atoms with van der Waals surface area (Å²) in [6.07, 6.45) is 6.61. The van der Waals surface area contributed by atoms with Crippen LogP contribution in [0.5, 0.6) is 0 Å². The lowest BCUT2D eigenvalue weighted by Crippen LogP contribution is -2.43. The van der Waals surface area contributed by atoms with E-state index in [0.717, 1.165) is 0 Å². The standard InChI is InChI=1S/C12H22N2/c1-10(2)12(9-13)14(3)11-7-5-4-6-8-11/h10-12H,4-8H2,1-3H3. The fourth-order valence-corrected chi connectivity index (χ4v) is 2.43. The van der Waals surface area contributed by atoms with Crippen LogP contribution in [0.1, 0.15) is 46.0 Å². The Balaban J connectivity index is 2.53. The normalized spacial score (nSPS) is 21.1. The van der Waals surface area contributed by atoms with Crippen LogP contribution in [-0.2, 0) is 0 Å². The smallest absolute Gasteiger partial charge is 0.100 e. The average molecular weight is 194 g/mol. The Morgan fingerprint density at radius 3 is 2.21 bits per heavy atom. The molecule has 0 heterocycles. The van der Waals surface area contributed by atoms with Crippen LogP contribution in [0.4, 0.5) is 0 Å². The number of nitriles is 1. The maximum atomic E-state index is 9.11. The molecule has 1 aliphatic carbocycles. The topological polar surface area (TPSA) is 27.0 Å². The summed E-state index contributed by atoms with van der Waals surface area (Å²) in [6, 6.07) is 3.17. The van der Waals surface area contributed by atoms with Crippen LogP contribution >= 0.6 is 0 Å². The minimum atomic E-state index is 0.0955. The van der Waals surface area contributed by atoms with E-state index in [1.165, 1.54) is 32.1 Å². The SMILES string of the molecule is CC(C)C(C#N)N(C)C1CCCCC1. The lowest BCUT2D eigenvalue weighted by Gasteiger charge is -2.35. The monoisotopic (exact) mass is 194 g/mol.